The first-order chi connectivity index (χ1) is 8.29. The Labute approximate surface area is 116 Å². The molecule has 0 aromatic rings. The van der Waals surface area contributed by atoms with E-state index < -0.39 is 0 Å². The molecule has 0 amide bonds. The van der Waals surface area contributed by atoms with Crippen molar-refractivity contribution in [1.29, 1.82) is 0 Å². The van der Waals surface area contributed by atoms with Crippen molar-refractivity contribution in [2.45, 2.75) is 55.6 Å². The maximum Gasteiger partial charge on any atom is 0.0317 e. The SMILES string of the molecule is C=CCCCCCC(NC)C1SCCSC1C. The summed E-state index contributed by atoms with van der Waals surface area (Å²) in [4.78, 5) is 0. The van der Waals surface area contributed by atoms with Crippen molar-refractivity contribution in [3.05, 3.63) is 12.7 Å². The molecule has 1 heterocycles. The van der Waals surface area contributed by atoms with E-state index in [4.69, 9.17) is 0 Å². The standard InChI is InChI=1S/C14H27NS2/c1-4-5-6-7-8-9-13(15-3)14-12(2)16-10-11-17-14/h4,12-15H,1,5-11H2,2-3H3. The molecular weight excluding hydrogens is 246 g/mol. The largest absolute Gasteiger partial charge is 0.316 e. The first-order valence-corrected chi connectivity index (χ1v) is 8.90. The van der Waals surface area contributed by atoms with Crippen LogP contribution in [0.4, 0.5) is 0 Å². The summed E-state index contributed by atoms with van der Waals surface area (Å²) in [6, 6.07) is 0.700. The van der Waals surface area contributed by atoms with Gasteiger partial charge >= 0.3 is 0 Å². The molecule has 0 bridgehead atoms. The number of hydrogen-bond donors (Lipinski definition) is 1. The van der Waals surface area contributed by atoms with Crippen LogP contribution in [0, 0.1) is 0 Å². The van der Waals surface area contributed by atoms with Gasteiger partial charge in [0.25, 0.3) is 0 Å². The number of hydrogen-bond acceptors (Lipinski definition) is 3. The lowest BCUT2D eigenvalue weighted by molar-refractivity contribution is 0.471. The molecule has 1 aliphatic rings. The monoisotopic (exact) mass is 273 g/mol. The van der Waals surface area contributed by atoms with Crippen molar-refractivity contribution in [2.75, 3.05) is 18.6 Å². The lowest BCUT2D eigenvalue weighted by Crippen LogP contribution is -2.42. The highest BCUT2D eigenvalue weighted by atomic mass is 32.2. The van der Waals surface area contributed by atoms with Crippen LogP contribution in [0.2, 0.25) is 0 Å². The Morgan fingerprint density at radius 2 is 2.06 bits per heavy atom. The fraction of sp³-hybridized carbons (Fsp3) is 0.857. The average Bonchev–Trinajstić information content (AvgIpc) is 2.35. The molecule has 0 spiro atoms. The minimum atomic E-state index is 0.700. The zero-order chi connectivity index (χ0) is 12.5. The van der Waals surface area contributed by atoms with Crippen molar-refractivity contribution in [2.24, 2.45) is 0 Å². The van der Waals surface area contributed by atoms with Crippen LogP contribution in [-0.4, -0.2) is 35.1 Å². The third kappa shape index (κ3) is 5.71. The van der Waals surface area contributed by atoms with Crippen LogP contribution in [-0.2, 0) is 0 Å². The van der Waals surface area contributed by atoms with Crippen LogP contribution in [0.1, 0.15) is 39.0 Å². The lowest BCUT2D eigenvalue weighted by atomic mass is 10.0. The summed E-state index contributed by atoms with van der Waals surface area (Å²) in [6.07, 6.45) is 8.55. The van der Waals surface area contributed by atoms with Gasteiger partial charge in [-0.15, -0.1) is 6.58 Å². The topological polar surface area (TPSA) is 12.0 Å². The van der Waals surface area contributed by atoms with E-state index in [-0.39, 0.29) is 0 Å². The maximum atomic E-state index is 3.77. The predicted molar refractivity (Wildman–Crippen MR) is 84.3 cm³/mol. The van der Waals surface area contributed by atoms with E-state index in [1.54, 1.807) is 0 Å². The van der Waals surface area contributed by atoms with Crippen LogP contribution in [0.15, 0.2) is 12.7 Å². The molecule has 1 rings (SSSR count). The second kappa shape index (κ2) is 9.35. The van der Waals surface area contributed by atoms with Crippen molar-refractivity contribution in [1.82, 2.24) is 5.32 Å². The number of rotatable bonds is 8. The molecule has 1 N–H and O–H groups in total. The van der Waals surface area contributed by atoms with E-state index >= 15 is 0 Å². The molecule has 3 heteroatoms. The van der Waals surface area contributed by atoms with E-state index in [0.29, 0.717) is 6.04 Å². The van der Waals surface area contributed by atoms with E-state index in [9.17, 15) is 0 Å². The zero-order valence-corrected chi connectivity index (χ0v) is 12.9. The smallest absolute Gasteiger partial charge is 0.0317 e. The molecule has 3 atom stereocenters. The van der Waals surface area contributed by atoms with Gasteiger partial charge in [0.2, 0.25) is 0 Å². The van der Waals surface area contributed by atoms with E-state index in [2.05, 4.69) is 49.4 Å². The van der Waals surface area contributed by atoms with E-state index in [1.807, 2.05) is 6.08 Å². The Morgan fingerprint density at radius 3 is 2.71 bits per heavy atom. The van der Waals surface area contributed by atoms with Crippen molar-refractivity contribution < 1.29 is 0 Å². The molecule has 1 nitrogen and oxygen atoms in total. The second-order valence-electron chi connectivity index (χ2n) is 4.73. The highest BCUT2D eigenvalue weighted by molar-refractivity contribution is 8.07. The van der Waals surface area contributed by atoms with E-state index in [0.717, 1.165) is 10.5 Å². The van der Waals surface area contributed by atoms with E-state index in [1.165, 1.54) is 43.6 Å². The summed E-state index contributed by atoms with van der Waals surface area (Å²) in [5.41, 5.74) is 0. The Bertz CT molecular complexity index is 208. The molecule has 0 saturated carbocycles. The molecule has 1 aliphatic heterocycles. The minimum Gasteiger partial charge on any atom is -0.316 e. The van der Waals surface area contributed by atoms with Gasteiger partial charge in [0.15, 0.2) is 0 Å². The quantitative estimate of drug-likeness (QED) is 0.531. The van der Waals surface area contributed by atoms with Gasteiger partial charge in [0, 0.05) is 28.0 Å². The Hall–Kier alpha value is 0.400. The maximum absolute atomic E-state index is 3.77. The third-order valence-electron chi connectivity index (χ3n) is 3.43. The third-order valence-corrected chi connectivity index (χ3v) is 6.68. The number of allylic oxidation sites excluding steroid dienone is 1. The molecule has 100 valence electrons. The summed E-state index contributed by atoms with van der Waals surface area (Å²) in [7, 11) is 2.13. The second-order valence-corrected chi connectivity index (χ2v) is 7.50. The molecule has 1 fully saturated rings. The van der Waals surface area contributed by atoms with Gasteiger partial charge in [-0.1, -0.05) is 25.8 Å². The summed E-state index contributed by atoms with van der Waals surface area (Å²) < 4.78 is 0. The van der Waals surface area contributed by atoms with Gasteiger partial charge in [-0.2, -0.15) is 23.5 Å². The lowest BCUT2D eigenvalue weighted by Gasteiger charge is -2.34. The summed E-state index contributed by atoms with van der Waals surface area (Å²) in [5.74, 6) is 2.66. The minimum absolute atomic E-state index is 0.700. The molecule has 1 saturated heterocycles. The molecule has 0 aromatic heterocycles. The normalized spacial score (nSPS) is 26.7. The van der Waals surface area contributed by atoms with Crippen molar-refractivity contribution >= 4 is 23.5 Å². The van der Waals surface area contributed by atoms with Gasteiger partial charge in [0.1, 0.15) is 0 Å². The highest BCUT2D eigenvalue weighted by Gasteiger charge is 2.28. The predicted octanol–water partition coefficient (Wildman–Crippen LogP) is 3.95. The molecule has 3 unspecified atom stereocenters. The van der Waals surface area contributed by atoms with Crippen molar-refractivity contribution in [3.8, 4) is 0 Å². The van der Waals surface area contributed by atoms with Gasteiger partial charge < -0.3 is 5.32 Å². The van der Waals surface area contributed by atoms with Gasteiger partial charge in [0.05, 0.1) is 0 Å². The number of unbranched alkanes of at least 4 members (excludes halogenated alkanes) is 3. The Balaban J connectivity index is 2.24. The van der Waals surface area contributed by atoms with Crippen LogP contribution in [0.25, 0.3) is 0 Å². The van der Waals surface area contributed by atoms with Gasteiger partial charge in [-0.3, -0.25) is 0 Å². The molecule has 0 aromatic carbocycles. The average molecular weight is 274 g/mol. The Morgan fingerprint density at radius 1 is 1.29 bits per heavy atom. The fourth-order valence-electron chi connectivity index (χ4n) is 2.39. The van der Waals surface area contributed by atoms with Crippen LogP contribution < -0.4 is 5.32 Å². The Kier molecular flexibility index (Phi) is 8.50. The highest BCUT2D eigenvalue weighted by Crippen LogP contribution is 2.34. The number of thioether (sulfide) groups is 2. The number of nitrogens with one attached hydrogen (secondary N) is 1. The summed E-state index contributed by atoms with van der Waals surface area (Å²) in [5, 5.41) is 5.15. The van der Waals surface area contributed by atoms with Crippen molar-refractivity contribution in [3.63, 3.8) is 0 Å². The summed E-state index contributed by atoms with van der Waals surface area (Å²) in [6.45, 7) is 6.17. The van der Waals surface area contributed by atoms with Crippen LogP contribution >= 0.6 is 23.5 Å². The van der Waals surface area contributed by atoms with Crippen LogP contribution in [0.5, 0.6) is 0 Å². The first-order valence-electron chi connectivity index (χ1n) is 6.81. The fourth-order valence-corrected chi connectivity index (χ4v) is 5.43. The zero-order valence-electron chi connectivity index (χ0n) is 11.3. The molecule has 17 heavy (non-hydrogen) atoms. The first kappa shape index (κ1) is 15.5. The molecule has 0 aliphatic carbocycles. The van der Waals surface area contributed by atoms with Gasteiger partial charge in [-0.05, 0) is 26.3 Å². The van der Waals surface area contributed by atoms with Crippen LogP contribution in [0.3, 0.4) is 0 Å². The summed E-state index contributed by atoms with van der Waals surface area (Å²) >= 11 is 4.32. The van der Waals surface area contributed by atoms with Gasteiger partial charge in [-0.25, -0.2) is 0 Å². The molecule has 0 radical (unpaired) electrons. The molecular formula is C14H27NS2.